The van der Waals surface area contributed by atoms with Crippen molar-refractivity contribution in [1.82, 2.24) is 10.9 Å². The van der Waals surface area contributed by atoms with Crippen LogP contribution in [0, 0.1) is 5.82 Å². The Bertz CT molecular complexity index is 809. The molecule has 0 radical (unpaired) electrons. The Labute approximate surface area is 151 Å². The first kappa shape index (κ1) is 20.0. The van der Waals surface area contributed by atoms with Gasteiger partial charge in [0.15, 0.2) is 17.7 Å². The van der Waals surface area contributed by atoms with Crippen LogP contribution in [0.25, 0.3) is 0 Å². The van der Waals surface area contributed by atoms with E-state index in [0.717, 1.165) is 30.3 Å². The molecular formula is C17H14F4N2O4. The molecular weight excluding hydrogens is 372 g/mol. The van der Waals surface area contributed by atoms with Gasteiger partial charge in [0.1, 0.15) is 5.75 Å². The number of benzene rings is 2. The Kier molecular flexibility index (Phi) is 6.22. The van der Waals surface area contributed by atoms with Crippen molar-refractivity contribution in [2.75, 3.05) is 0 Å². The van der Waals surface area contributed by atoms with E-state index in [4.69, 9.17) is 4.74 Å². The van der Waals surface area contributed by atoms with Gasteiger partial charge in [-0.25, -0.2) is 4.39 Å². The summed E-state index contributed by atoms with van der Waals surface area (Å²) in [6, 6.07) is 9.55. The lowest BCUT2D eigenvalue weighted by Gasteiger charge is -2.15. The summed E-state index contributed by atoms with van der Waals surface area (Å²) in [6.07, 6.45) is -5.96. The van der Waals surface area contributed by atoms with Gasteiger partial charge in [-0.15, -0.1) is 13.2 Å². The largest absolute Gasteiger partial charge is 0.573 e. The summed E-state index contributed by atoms with van der Waals surface area (Å²) < 4.78 is 58.6. The fourth-order valence-corrected chi connectivity index (χ4v) is 1.88. The van der Waals surface area contributed by atoms with Crippen molar-refractivity contribution in [2.45, 2.75) is 19.4 Å². The van der Waals surface area contributed by atoms with E-state index >= 15 is 0 Å². The van der Waals surface area contributed by atoms with Gasteiger partial charge < -0.3 is 9.47 Å². The van der Waals surface area contributed by atoms with E-state index in [0.29, 0.717) is 0 Å². The summed E-state index contributed by atoms with van der Waals surface area (Å²) in [7, 11) is 0. The van der Waals surface area contributed by atoms with Crippen LogP contribution in [-0.2, 0) is 4.79 Å². The van der Waals surface area contributed by atoms with Crippen LogP contribution in [0.2, 0.25) is 0 Å². The van der Waals surface area contributed by atoms with E-state index in [2.05, 4.69) is 15.6 Å². The number of hydrazine groups is 1. The van der Waals surface area contributed by atoms with Crippen LogP contribution in [0.5, 0.6) is 11.5 Å². The standard InChI is InChI=1S/C17H14F4N2O4/c1-10(26-14-5-3-2-4-13(14)18)15(24)22-23-16(25)11-6-8-12(9-7-11)27-17(19,20)21/h2-10H,1H3,(H,22,24)(H,23,25)/t10-/m0/s1. The molecule has 0 aliphatic heterocycles. The summed E-state index contributed by atoms with van der Waals surface area (Å²) in [5, 5.41) is 0. The second-order valence-electron chi connectivity index (χ2n) is 5.21. The zero-order valence-electron chi connectivity index (χ0n) is 13.8. The number of amides is 2. The summed E-state index contributed by atoms with van der Waals surface area (Å²) in [4.78, 5) is 23.8. The summed E-state index contributed by atoms with van der Waals surface area (Å²) in [5.74, 6) is -2.81. The summed E-state index contributed by atoms with van der Waals surface area (Å²) >= 11 is 0. The smallest absolute Gasteiger partial charge is 0.478 e. The quantitative estimate of drug-likeness (QED) is 0.612. The minimum Gasteiger partial charge on any atom is -0.478 e. The maximum absolute atomic E-state index is 13.5. The molecule has 0 aromatic heterocycles. The van der Waals surface area contributed by atoms with Crippen LogP contribution < -0.4 is 20.3 Å². The van der Waals surface area contributed by atoms with Gasteiger partial charge in [-0.05, 0) is 43.3 Å². The molecule has 2 aromatic rings. The van der Waals surface area contributed by atoms with Gasteiger partial charge in [0, 0.05) is 5.56 Å². The summed E-state index contributed by atoms with van der Waals surface area (Å²) in [5.41, 5.74) is 4.13. The fraction of sp³-hybridized carbons (Fsp3) is 0.176. The number of alkyl halides is 3. The third-order valence-corrected chi connectivity index (χ3v) is 3.16. The number of para-hydroxylation sites is 1. The normalized spacial score (nSPS) is 12.0. The molecule has 0 aliphatic rings. The van der Waals surface area contributed by atoms with Crippen LogP contribution in [0.3, 0.4) is 0 Å². The minimum absolute atomic E-state index is 0.0208. The fourth-order valence-electron chi connectivity index (χ4n) is 1.88. The molecule has 0 heterocycles. The predicted molar refractivity (Wildman–Crippen MR) is 85.2 cm³/mol. The van der Waals surface area contributed by atoms with Crippen LogP contribution >= 0.6 is 0 Å². The zero-order valence-corrected chi connectivity index (χ0v) is 13.8. The van der Waals surface area contributed by atoms with Crippen molar-refractivity contribution < 1.29 is 36.6 Å². The zero-order chi connectivity index (χ0) is 20.0. The molecule has 0 aliphatic carbocycles. The van der Waals surface area contributed by atoms with Crippen molar-refractivity contribution in [3.63, 3.8) is 0 Å². The predicted octanol–water partition coefficient (Wildman–Crippen LogP) is 2.95. The maximum atomic E-state index is 13.5. The molecule has 2 amide bonds. The third-order valence-electron chi connectivity index (χ3n) is 3.16. The molecule has 1 atom stereocenters. The topological polar surface area (TPSA) is 76.7 Å². The lowest BCUT2D eigenvalue weighted by Crippen LogP contribution is -2.47. The molecule has 2 N–H and O–H groups in total. The van der Waals surface area contributed by atoms with Gasteiger partial charge in [-0.3, -0.25) is 20.4 Å². The van der Waals surface area contributed by atoms with Crippen LogP contribution in [0.1, 0.15) is 17.3 Å². The molecule has 27 heavy (non-hydrogen) atoms. The number of halogens is 4. The number of hydrogen-bond acceptors (Lipinski definition) is 4. The van der Waals surface area contributed by atoms with E-state index in [1.165, 1.54) is 25.1 Å². The van der Waals surface area contributed by atoms with Crippen LogP contribution in [0.15, 0.2) is 48.5 Å². The van der Waals surface area contributed by atoms with E-state index in [-0.39, 0.29) is 11.3 Å². The van der Waals surface area contributed by atoms with E-state index in [1.807, 2.05) is 0 Å². The van der Waals surface area contributed by atoms with Gasteiger partial charge in [0.25, 0.3) is 11.8 Å². The molecule has 0 spiro atoms. The molecule has 0 saturated heterocycles. The van der Waals surface area contributed by atoms with Crippen molar-refractivity contribution in [3.05, 3.63) is 59.9 Å². The molecule has 0 saturated carbocycles. The minimum atomic E-state index is -4.84. The Morgan fingerprint density at radius 3 is 2.22 bits per heavy atom. The lowest BCUT2D eigenvalue weighted by atomic mass is 10.2. The second kappa shape index (κ2) is 8.39. The summed E-state index contributed by atoms with van der Waals surface area (Å²) in [6.45, 7) is 1.34. The van der Waals surface area contributed by atoms with Gasteiger partial charge in [0.05, 0.1) is 0 Å². The number of nitrogens with one attached hydrogen (secondary N) is 2. The number of carbonyl (C=O) groups is 2. The average molecular weight is 386 g/mol. The lowest BCUT2D eigenvalue weighted by molar-refractivity contribution is -0.274. The maximum Gasteiger partial charge on any atom is 0.573 e. The Balaban J connectivity index is 1.87. The molecule has 10 heteroatoms. The van der Waals surface area contributed by atoms with E-state index < -0.39 is 35.8 Å². The monoisotopic (exact) mass is 386 g/mol. The number of carbonyl (C=O) groups excluding carboxylic acids is 2. The Hall–Kier alpha value is -3.30. The van der Waals surface area contributed by atoms with Crippen molar-refractivity contribution in [1.29, 1.82) is 0 Å². The van der Waals surface area contributed by atoms with Gasteiger partial charge in [-0.2, -0.15) is 0 Å². The van der Waals surface area contributed by atoms with Crippen LogP contribution in [-0.4, -0.2) is 24.3 Å². The van der Waals surface area contributed by atoms with Crippen LogP contribution in [0.4, 0.5) is 17.6 Å². The first-order chi connectivity index (χ1) is 12.7. The first-order valence-corrected chi connectivity index (χ1v) is 7.53. The average Bonchev–Trinajstić information content (AvgIpc) is 2.60. The molecule has 2 rings (SSSR count). The number of ether oxygens (including phenoxy) is 2. The van der Waals surface area contributed by atoms with Crippen molar-refractivity contribution >= 4 is 11.8 Å². The van der Waals surface area contributed by atoms with Crippen molar-refractivity contribution in [3.8, 4) is 11.5 Å². The first-order valence-electron chi connectivity index (χ1n) is 7.53. The van der Waals surface area contributed by atoms with E-state index in [9.17, 15) is 27.2 Å². The molecule has 144 valence electrons. The third kappa shape index (κ3) is 6.17. The molecule has 2 aromatic carbocycles. The molecule has 0 unspecified atom stereocenters. The molecule has 0 bridgehead atoms. The van der Waals surface area contributed by atoms with Gasteiger partial charge in [-0.1, -0.05) is 12.1 Å². The Morgan fingerprint density at radius 2 is 1.63 bits per heavy atom. The molecule has 0 fully saturated rings. The molecule has 6 nitrogen and oxygen atoms in total. The number of hydrogen-bond donors (Lipinski definition) is 2. The highest BCUT2D eigenvalue weighted by Crippen LogP contribution is 2.22. The highest BCUT2D eigenvalue weighted by Gasteiger charge is 2.31. The SMILES string of the molecule is C[C@H](Oc1ccccc1F)C(=O)NNC(=O)c1ccc(OC(F)(F)F)cc1. The van der Waals surface area contributed by atoms with Gasteiger partial charge in [0.2, 0.25) is 0 Å². The Morgan fingerprint density at radius 1 is 1.00 bits per heavy atom. The number of rotatable bonds is 5. The van der Waals surface area contributed by atoms with E-state index in [1.54, 1.807) is 0 Å². The second-order valence-corrected chi connectivity index (χ2v) is 5.21. The highest BCUT2D eigenvalue weighted by molar-refractivity contribution is 5.95. The highest BCUT2D eigenvalue weighted by atomic mass is 19.4. The van der Waals surface area contributed by atoms with Gasteiger partial charge >= 0.3 is 6.36 Å². The van der Waals surface area contributed by atoms with Crippen molar-refractivity contribution in [2.24, 2.45) is 0 Å².